The molecule has 7 heteroatoms. The molecule has 0 unspecified atom stereocenters. The molecule has 0 radical (unpaired) electrons. The van der Waals surface area contributed by atoms with Gasteiger partial charge in [-0.2, -0.15) is 0 Å². The van der Waals surface area contributed by atoms with Gasteiger partial charge in [0.05, 0.1) is 28.9 Å². The molecule has 4 rings (SSSR count). The van der Waals surface area contributed by atoms with Gasteiger partial charge in [0, 0.05) is 16.6 Å². The first-order chi connectivity index (χ1) is 18.2. The van der Waals surface area contributed by atoms with Gasteiger partial charge in [-0.3, -0.25) is 4.79 Å². The van der Waals surface area contributed by atoms with Crippen molar-refractivity contribution in [3.05, 3.63) is 95.1 Å². The van der Waals surface area contributed by atoms with E-state index in [0.29, 0.717) is 45.6 Å². The molecule has 0 aliphatic heterocycles. The molecule has 38 heavy (non-hydrogen) atoms. The fourth-order valence-electron chi connectivity index (χ4n) is 3.98. The zero-order chi connectivity index (χ0) is 27.2. The van der Waals surface area contributed by atoms with Crippen LogP contribution in [-0.4, -0.2) is 36.0 Å². The molecular formula is C31H30N2O5. The summed E-state index contributed by atoms with van der Waals surface area (Å²) in [5.41, 5.74) is 5.28. The van der Waals surface area contributed by atoms with Crippen molar-refractivity contribution in [2.45, 2.75) is 27.7 Å². The average Bonchev–Trinajstić information content (AvgIpc) is 2.91. The summed E-state index contributed by atoms with van der Waals surface area (Å²) in [4.78, 5) is 42.6. The van der Waals surface area contributed by atoms with Crippen LogP contribution in [0.25, 0.3) is 22.2 Å². The van der Waals surface area contributed by atoms with E-state index in [1.54, 1.807) is 24.3 Å². The monoisotopic (exact) mass is 510 g/mol. The van der Waals surface area contributed by atoms with Crippen LogP contribution in [0.5, 0.6) is 0 Å². The summed E-state index contributed by atoms with van der Waals surface area (Å²) >= 11 is 0. The van der Waals surface area contributed by atoms with Crippen molar-refractivity contribution in [1.82, 2.24) is 4.98 Å². The van der Waals surface area contributed by atoms with E-state index in [-0.39, 0.29) is 5.92 Å². The van der Waals surface area contributed by atoms with E-state index in [1.807, 2.05) is 76.2 Å². The van der Waals surface area contributed by atoms with Gasteiger partial charge in [-0.1, -0.05) is 61.9 Å². The summed E-state index contributed by atoms with van der Waals surface area (Å²) in [6, 6.07) is 21.6. The second kappa shape index (κ2) is 11.7. The minimum absolute atomic E-state index is 0.239. The highest BCUT2D eigenvalue weighted by Gasteiger charge is 2.21. The molecule has 0 saturated carbocycles. The molecule has 3 aromatic carbocycles. The minimum atomic E-state index is -0.604. The van der Waals surface area contributed by atoms with Gasteiger partial charge in [0.1, 0.15) is 0 Å². The molecule has 0 spiro atoms. The number of aryl methyl sites for hydroxylation is 1. The number of nitrogens with one attached hydrogen (secondary N) is 1. The van der Waals surface area contributed by atoms with Crippen molar-refractivity contribution < 1.29 is 23.9 Å². The van der Waals surface area contributed by atoms with Crippen LogP contribution in [0.15, 0.2) is 72.8 Å². The van der Waals surface area contributed by atoms with Crippen LogP contribution in [0, 0.1) is 19.8 Å². The van der Waals surface area contributed by atoms with Crippen molar-refractivity contribution in [3.63, 3.8) is 0 Å². The van der Waals surface area contributed by atoms with Crippen LogP contribution in [0.4, 0.5) is 5.69 Å². The van der Waals surface area contributed by atoms with Gasteiger partial charge in [0.2, 0.25) is 0 Å². The highest BCUT2D eigenvalue weighted by Crippen LogP contribution is 2.30. The summed E-state index contributed by atoms with van der Waals surface area (Å²) in [5.74, 6) is -1.28. The van der Waals surface area contributed by atoms with Gasteiger partial charge in [0.15, 0.2) is 6.61 Å². The molecule has 1 aromatic heterocycles. The molecule has 7 nitrogen and oxygen atoms in total. The van der Waals surface area contributed by atoms with Gasteiger partial charge >= 0.3 is 11.9 Å². The summed E-state index contributed by atoms with van der Waals surface area (Å²) in [5, 5.41) is 3.34. The Bertz CT molecular complexity index is 1480. The average molecular weight is 511 g/mol. The number of anilines is 1. The lowest BCUT2D eigenvalue weighted by Gasteiger charge is -2.14. The van der Waals surface area contributed by atoms with Crippen molar-refractivity contribution in [1.29, 1.82) is 0 Å². The zero-order valence-corrected chi connectivity index (χ0v) is 21.9. The first kappa shape index (κ1) is 26.5. The molecular weight excluding hydrogens is 480 g/mol. The largest absolute Gasteiger partial charge is 0.462 e. The molecule has 0 aliphatic carbocycles. The standard InChI is InChI=1S/C31H30N2O5/c1-19(2)17-37-30(35)23-13-15-24(16-14-23)32-27(34)18-38-31(36)28-21(4)29(22-11-9-20(3)10-12-22)33-26-8-6-5-7-25(26)28/h5-16,19H,17-18H2,1-4H3,(H,32,34). The van der Waals surface area contributed by atoms with Crippen LogP contribution < -0.4 is 5.32 Å². The van der Waals surface area contributed by atoms with Gasteiger partial charge in [-0.25, -0.2) is 14.6 Å². The molecule has 1 amide bonds. The fourth-order valence-corrected chi connectivity index (χ4v) is 3.98. The Kier molecular flexibility index (Phi) is 8.16. The van der Waals surface area contributed by atoms with Gasteiger partial charge in [-0.05, 0) is 55.7 Å². The predicted molar refractivity (Wildman–Crippen MR) is 147 cm³/mol. The van der Waals surface area contributed by atoms with E-state index >= 15 is 0 Å². The SMILES string of the molecule is Cc1ccc(-c2nc3ccccc3c(C(=O)OCC(=O)Nc3ccc(C(=O)OCC(C)C)cc3)c2C)cc1. The Morgan fingerprint density at radius 1 is 0.842 bits per heavy atom. The Morgan fingerprint density at radius 3 is 2.21 bits per heavy atom. The summed E-state index contributed by atoms with van der Waals surface area (Å²) in [6.07, 6.45) is 0. The third-order valence-electron chi connectivity index (χ3n) is 5.95. The molecule has 0 atom stereocenters. The highest BCUT2D eigenvalue weighted by atomic mass is 16.5. The minimum Gasteiger partial charge on any atom is -0.462 e. The van der Waals surface area contributed by atoms with Crippen LogP contribution in [-0.2, 0) is 14.3 Å². The number of benzene rings is 3. The number of para-hydroxylation sites is 1. The molecule has 194 valence electrons. The lowest BCUT2D eigenvalue weighted by atomic mass is 9.97. The van der Waals surface area contributed by atoms with E-state index in [4.69, 9.17) is 14.5 Å². The van der Waals surface area contributed by atoms with E-state index < -0.39 is 24.5 Å². The maximum Gasteiger partial charge on any atom is 0.339 e. The number of aromatic nitrogens is 1. The van der Waals surface area contributed by atoms with Crippen molar-refractivity contribution in [3.8, 4) is 11.3 Å². The Labute approximate surface area is 221 Å². The first-order valence-corrected chi connectivity index (χ1v) is 12.4. The predicted octanol–water partition coefficient (Wildman–Crippen LogP) is 6.13. The number of esters is 2. The quantitative estimate of drug-likeness (QED) is 0.287. The number of carbonyl (C=O) groups excluding carboxylic acids is 3. The molecule has 1 N–H and O–H groups in total. The number of carbonyl (C=O) groups is 3. The number of nitrogens with zero attached hydrogens (tertiary/aromatic N) is 1. The van der Waals surface area contributed by atoms with Crippen LogP contribution >= 0.6 is 0 Å². The Hall–Kier alpha value is -4.52. The third-order valence-corrected chi connectivity index (χ3v) is 5.95. The fraction of sp³-hybridized carbons (Fsp3) is 0.226. The second-order valence-corrected chi connectivity index (χ2v) is 9.54. The summed E-state index contributed by atoms with van der Waals surface area (Å²) in [6.45, 7) is 7.63. The summed E-state index contributed by atoms with van der Waals surface area (Å²) < 4.78 is 10.6. The Balaban J connectivity index is 1.47. The van der Waals surface area contributed by atoms with Crippen LogP contribution in [0.2, 0.25) is 0 Å². The normalized spacial score (nSPS) is 10.9. The maximum atomic E-state index is 13.2. The Morgan fingerprint density at radius 2 is 1.53 bits per heavy atom. The highest BCUT2D eigenvalue weighted by molar-refractivity contribution is 6.07. The van der Waals surface area contributed by atoms with Crippen molar-refractivity contribution in [2.75, 3.05) is 18.5 Å². The second-order valence-electron chi connectivity index (χ2n) is 9.54. The third kappa shape index (κ3) is 6.24. The molecule has 0 bridgehead atoms. The number of rotatable bonds is 8. The van der Waals surface area contributed by atoms with Crippen LogP contribution in [0.1, 0.15) is 45.7 Å². The molecule has 4 aromatic rings. The molecule has 0 saturated heterocycles. The lowest BCUT2D eigenvalue weighted by Crippen LogP contribution is -2.21. The number of hydrogen-bond acceptors (Lipinski definition) is 6. The molecule has 0 aliphatic rings. The maximum absolute atomic E-state index is 13.2. The number of ether oxygens (including phenoxy) is 2. The van der Waals surface area contributed by atoms with E-state index in [0.717, 1.165) is 11.1 Å². The number of amides is 1. The first-order valence-electron chi connectivity index (χ1n) is 12.4. The number of pyridine rings is 1. The molecule has 0 fully saturated rings. The van der Waals surface area contributed by atoms with E-state index in [9.17, 15) is 14.4 Å². The van der Waals surface area contributed by atoms with Crippen molar-refractivity contribution >= 4 is 34.4 Å². The van der Waals surface area contributed by atoms with E-state index in [2.05, 4.69) is 5.32 Å². The molecule has 1 heterocycles. The van der Waals surface area contributed by atoms with E-state index in [1.165, 1.54) is 0 Å². The van der Waals surface area contributed by atoms with Gasteiger partial charge < -0.3 is 14.8 Å². The topological polar surface area (TPSA) is 94.6 Å². The number of hydrogen-bond donors (Lipinski definition) is 1. The van der Waals surface area contributed by atoms with Gasteiger partial charge in [-0.15, -0.1) is 0 Å². The lowest BCUT2D eigenvalue weighted by molar-refractivity contribution is -0.119. The number of fused-ring (bicyclic) bond motifs is 1. The van der Waals surface area contributed by atoms with Gasteiger partial charge in [0.25, 0.3) is 5.91 Å². The zero-order valence-electron chi connectivity index (χ0n) is 21.9. The smallest absolute Gasteiger partial charge is 0.339 e. The van der Waals surface area contributed by atoms with Crippen LogP contribution in [0.3, 0.4) is 0 Å². The van der Waals surface area contributed by atoms with Crippen molar-refractivity contribution in [2.24, 2.45) is 5.92 Å². The summed E-state index contributed by atoms with van der Waals surface area (Å²) in [7, 11) is 0.